The number of amides is 2. The first kappa shape index (κ1) is 10.3. The van der Waals surface area contributed by atoms with Crippen LogP contribution in [0.4, 0.5) is 0 Å². The Labute approximate surface area is 95.4 Å². The van der Waals surface area contributed by atoms with Gasteiger partial charge in [-0.2, -0.15) is 0 Å². The van der Waals surface area contributed by atoms with Gasteiger partial charge in [0.1, 0.15) is 0 Å². The molecular weight excluding hydrogens is 204 g/mol. The maximum Gasteiger partial charge on any atom is 0.246 e. The van der Waals surface area contributed by atoms with Crippen LogP contribution in [0.1, 0.15) is 32.1 Å². The van der Waals surface area contributed by atoms with Crippen molar-refractivity contribution in [3.05, 3.63) is 0 Å². The minimum Gasteiger partial charge on any atom is -0.302 e. The SMILES string of the molecule is CN1C(=O)CC(NC(C2CC2)C2CC2)C1=O. The molecule has 1 N–H and O–H groups in total. The zero-order valence-corrected chi connectivity index (χ0v) is 9.61. The van der Waals surface area contributed by atoms with Gasteiger partial charge in [-0.3, -0.25) is 14.5 Å². The van der Waals surface area contributed by atoms with Crippen LogP contribution in [0.15, 0.2) is 0 Å². The first-order valence-electron chi connectivity index (χ1n) is 6.23. The van der Waals surface area contributed by atoms with Crippen molar-refractivity contribution in [2.45, 2.75) is 44.2 Å². The lowest BCUT2D eigenvalue weighted by Crippen LogP contribution is -2.45. The maximum absolute atomic E-state index is 11.8. The first-order valence-corrected chi connectivity index (χ1v) is 6.23. The Morgan fingerprint density at radius 2 is 1.75 bits per heavy atom. The van der Waals surface area contributed by atoms with Crippen molar-refractivity contribution in [3.8, 4) is 0 Å². The van der Waals surface area contributed by atoms with Gasteiger partial charge in [0.05, 0.1) is 12.5 Å². The lowest BCUT2D eigenvalue weighted by Gasteiger charge is -2.21. The average Bonchev–Trinajstić information content (AvgIpc) is 3.14. The Kier molecular flexibility index (Phi) is 2.28. The summed E-state index contributed by atoms with van der Waals surface area (Å²) < 4.78 is 0. The second-order valence-electron chi connectivity index (χ2n) is 5.42. The summed E-state index contributed by atoms with van der Waals surface area (Å²) in [6.07, 6.45) is 5.51. The van der Waals surface area contributed by atoms with E-state index in [0.717, 1.165) is 11.8 Å². The van der Waals surface area contributed by atoms with Gasteiger partial charge in [-0.05, 0) is 37.5 Å². The van der Waals surface area contributed by atoms with Crippen LogP contribution in [0.2, 0.25) is 0 Å². The molecule has 3 aliphatic rings. The molecule has 1 atom stereocenters. The minimum atomic E-state index is -0.247. The Balaban J connectivity index is 1.65. The summed E-state index contributed by atoms with van der Waals surface area (Å²) in [6, 6.07) is 0.247. The largest absolute Gasteiger partial charge is 0.302 e. The number of hydrogen-bond donors (Lipinski definition) is 1. The quantitative estimate of drug-likeness (QED) is 0.706. The molecule has 4 heteroatoms. The third kappa shape index (κ3) is 1.75. The number of nitrogens with zero attached hydrogens (tertiary/aromatic N) is 1. The van der Waals surface area contributed by atoms with Crippen LogP contribution < -0.4 is 5.32 Å². The predicted octanol–water partition coefficient (Wildman–Crippen LogP) is 0.522. The van der Waals surface area contributed by atoms with Crippen LogP contribution in [0.25, 0.3) is 0 Å². The summed E-state index contributed by atoms with van der Waals surface area (Å²) in [5.41, 5.74) is 0. The van der Waals surface area contributed by atoms with Gasteiger partial charge in [-0.25, -0.2) is 0 Å². The fourth-order valence-corrected chi connectivity index (χ4v) is 2.69. The molecule has 3 fully saturated rings. The highest BCUT2D eigenvalue weighted by atomic mass is 16.2. The number of carbonyl (C=O) groups is 2. The van der Waals surface area contributed by atoms with Gasteiger partial charge < -0.3 is 5.32 Å². The van der Waals surface area contributed by atoms with E-state index in [-0.39, 0.29) is 17.9 Å². The molecule has 0 spiro atoms. The van der Waals surface area contributed by atoms with Crippen LogP contribution in [-0.2, 0) is 9.59 Å². The van der Waals surface area contributed by atoms with Crippen molar-refractivity contribution >= 4 is 11.8 Å². The number of likely N-dealkylation sites (N-methyl/N-ethyl adjacent to an activating group) is 1. The summed E-state index contributed by atoms with van der Waals surface area (Å²) >= 11 is 0. The Hall–Kier alpha value is -0.900. The van der Waals surface area contributed by atoms with Crippen molar-refractivity contribution in [1.82, 2.24) is 10.2 Å². The molecule has 2 saturated carbocycles. The van der Waals surface area contributed by atoms with Gasteiger partial charge >= 0.3 is 0 Å². The summed E-state index contributed by atoms with van der Waals surface area (Å²) in [7, 11) is 1.58. The molecule has 0 aromatic rings. The van der Waals surface area contributed by atoms with Gasteiger partial charge in [0, 0.05) is 13.1 Å². The number of nitrogens with one attached hydrogen (secondary N) is 1. The van der Waals surface area contributed by atoms with Crippen molar-refractivity contribution in [1.29, 1.82) is 0 Å². The highest BCUT2D eigenvalue weighted by Gasteiger charge is 2.45. The van der Waals surface area contributed by atoms with E-state index in [1.165, 1.54) is 30.6 Å². The van der Waals surface area contributed by atoms with Crippen LogP contribution in [-0.4, -0.2) is 35.8 Å². The highest BCUT2D eigenvalue weighted by molar-refractivity contribution is 6.05. The fourth-order valence-electron chi connectivity index (χ4n) is 2.69. The lowest BCUT2D eigenvalue weighted by molar-refractivity contribution is -0.137. The van der Waals surface area contributed by atoms with E-state index in [2.05, 4.69) is 5.32 Å². The van der Waals surface area contributed by atoms with Gasteiger partial charge in [-0.15, -0.1) is 0 Å². The monoisotopic (exact) mass is 222 g/mol. The fraction of sp³-hybridized carbons (Fsp3) is 0.833. The third-order valence-corrected chi connectivity index (χ3v) is 4.03. The van der Waals surface area contributed by atoms with Crippen LogP contribution >= 0.6 is 0 Å². The van der Waals surface area contributed by atoms with Crippen LogP contribution in [0.3, 0.4) is 0 Å². The number of rotatable bonds is 4. The molecule has 1 aliphatic heterocycles. The standard InChI is InChI=1S/C12H18N2O2/c1-14-10(15)6-9(12(14)16)13-11(7-2-3-7)8-4-5-8/h7-9,11,13H,2-6H2,1H3. The minimum absolute atomic E-state index is 0.0451. The topological polar surface area (TPSA) is 49.4 Å². The van der Waals surface area contributed by atoms with Crippen molar-refractivity contribution in [2.75, 3.05) is 7.05 Å². The Morgan fingerprint density at radius 3 is 2.12 bits per heavy atom. The second-order valence-corrected chi connectivity index (χ2v) is 5.42. The van der Waals surface area contributed by atoms with Crippen molar-refractivity contribution in [2.24, 2.45) is 11.8 Å². The molecule has 1 heterocycles. The summed E-state index contributed by atoms with van der Waals surface area (Å²) in [6.45, 7) is 0. The molecule has 0 bridgehead atoms. The summed E-state index contributed by atoms with van der Waals surface area (Å²) in [4.78, 5) is 24.5. The molecular formula is C12H18N2O2. The molecule has 16 heavy (non-hydrogen) atoms. The van der Waals surface area contributed by atoms with Gasteiger partial charge in [0.25, 0.3) is 0 Å². The second kappa shape index (κ2) is 3.55. The van der Waals surface area contributed by atoms with E-state index in [1.54, 1.807) is 7.05 Å². The molecule has 2 amide bonds. The predicted molar refractivity (Wildman–Crippen MR) is 58.6 cm³/mol. The molecule has 0 aromatic heterocycles. The van der Waals surface area contributed by atoms with E-state index >= 15 is 0 Å². The number of carbonyl (C=O) groups excluding carboxylic acids is 2. The van der Waals surface area contributed by atoms with Crippen molar-refractivity contribution in [3.63, 3.8) is 0 Å². The Morgan fingerprint density at radius 1 is 1.19 bits per heavy atom. The van der Waals surface area contributed by atoms with E-state index in [9.17, 15) is 9.59 Å². The zero-order chi connectivity index (χ0) is 11.3. The molecule has 0 aromatic carbocycles. The molecule has 2 aliphatic carbocycles. The smallest absolute Gasteiger partial charge is 0.246 e. The van der Waals surface area contributed by atoms with Crippen LogP contribution in [0.5, 0.6) is 0 Å². The van der Waals surface area contributed by atoms with E-state index < -0.39 is 0 Å². The van der Waals surface area contributed by atoms with Gasteiger partial charge in [-0.1, -0.05) is 0 Å². The van der Waals surface area contributed by atoms with E-state index in [0.29, 0.717) is 12.5 Å². The molecule has 1 saturated heterocycles. The summed E-state index contributed by atoms with van der Waals surface area (Å²) in [5.74, 6) is 1.44. The zero-order valence-electron chi connectivity index (χ0n) is 9.61. The van der Waals surface area contributed by atoms with E-state index in [1.807, 2.05) is 0 Å². The van der Waals surface area contributed by atoms with Crippen LogP contribution in [0, 0.1) is 11.8 Å². The molecule has 88 valence electrons. The number of imide groups is 1. The third-order valence-electron chi connectivity index (χ3n) is 4.03. The normalized spacial score (nSPS) is 30.6. The molecule has 4 nitrogen and oxygen atoms in total. The van der Waals surface area contributed by atoms with E-state index in [4.69, 9.17) is 0 Å². The lowest BCUT2D eigenvalue weighted by atomic mass is 10.1. The van der Waals surface area contributed by atoms with Crippen molar-refractivity contribution < 1.29 is 9.59 Å². The molecule has 1 unspecified atom stereocenters. The number of likely N-dealkylation sites (tertiary alicyclic amines) is 1. The Bertz CT molecular complexity index is 322. The van der Waals surface area contributed by atoms with Gasteiger partial charge in [0.2, 0.25) is 11.8 Å². The highest BCUT2D eigenvalue weighted by Crippen LogP contribution is 2.44. The first-order chi connectivity index (χ1) is 7.66. The molecule has 3 rings (SSSR count). The summed E-state index contributed by atoms with van der Waals surface area (Å²) in [5, 5.41) is 3.44. The molecule has 0 radical (unpaired) electrons. The maximum atomic E-state index is 11.8. The van der Waals surface area contributed by atoms with Gasteiger partial charge in [0.15, 0.2) is 0 Å². The average molecular weight is 222 g/mol. The number of hydrogen-bond acceptors (Lipinski definition) is 3.